The monoisotopic (exact) mass is 274 g/mol. The molecule has 2 aromatic rings. The summed E-state index contributed by atoms with van der Waals surface area (Å²) in [6, 6.07) is 13.0. The maximum atomic E-state index is 11.3. The molecule has 0 amide bonds. The number of phenolic OH excluding ortho intramolecular Hbond substituents is 1. The Kier molecular flexibility index (Phi) is 3.88. The molecule has 2 rings (SSSR count). The van der Waals surface area contributed by atoms with Crippen LogP contribution in [0.25, 0.3) is 11.6 Å². The van der Waals surface area contributed by atoms with E-state index in [1.54, 1.807) is 36.4 Å². The van der Waals surface area contributed by atoms with Gasteiger partial charge in [-0.15, -0.1) is 0 Å². The van der Waals surface area contributed by atoms with Crippen LogP contribution in [0.2, 0.25) is 5.02 Å². The van der Waals surface area contributed by atoms with E-state index in [1.807, 2.05) is 0 Å². The van der Waals surface area contributed by atoms with Gasteiger partial charge in [-0.1, -0.05) is 35.9 Å². The fourth-order valence-electron chi connectivity index (χ4n) is 1.71. The van der Waals surface area contributed by atoms with Crippen molar-refractivity contribution >= 4 is 29.2 Å². The molecule has 0 spiro atoms. The van der Waals surface area contributed by atoms with Gasteiger partial charge in [0.15, 0.2) is 0 Å². The molecule has 2 N–H and O–H groups in total. The van der Waals surface area contributed by atoms with Crippen molar-refractivity contribution in [2.45, 2.75) is 0 Å². The fourth-order valence-corrected chi connectivity index (χ4v) is 1.90. The van der Waals surface area contributed by atoms with Gasteiger partial charge in [0.2, 0.25) is 0 Å². The summed E-state index contributed by atoms with van der Waals surface area (Å²) >= 11 is 5.86. The molecular formula is C15H11ClO3. The highest BCUT2D eigenvalue weighted by Gasteiger charge is 2.11. The van der Waals surface area contributed by atoms with E-state index in [-0.39, 0.29) is 11.3 Å². The van der Waals surface area contributed by atoms with Gasteiger partial charge in [-0.3, -0.25) is 0 Å². The van der Waals surface area contributed by atoms with Crippen molar-refractivity contribution in [3.8, 4) is 5.75 Å². The lowest BCUT2D eigenvalue weighted by molar-refractivity contribution is -0.130. The molecule has 0 fully saturated rings. The first-order valence-electron chi connectivity index (χ1n) is 5.56. The zero-order valence-electron chi connectivity index (χ0n) is 9.88. The maximum Gasteiger partial charge on any atom is 0.336 e. The van der Waals surface area contributed by atoms with Gasteiger partial charge in [-0.05, 0) is 41.5 Å². The van der Waals surface area contributed by atoms with Crippen LogP contribution in [0.4, 0.5) is 0 Å². The second kappa shape index (κ2) is 5.59. The average Bonchev–Trinajstić information content (AvgIpc) is 2.35. The molecular weight excluding hydrogens is 264 g/mol. The van der Waals surface area contributed by atoms with Crippen molar-refractivity contribution in [3.05, 3.63) is 64.7 Å². The topological polar surface area (TPSA) is 57.5 Å². The molecule has 0 saturated heterocycles. The first-order valence-corrected chi connectivity index (χ1v) is 5.94. The molecule has 0 aliphatic rings. The number of halogens is 1. The Morgan fingerprint density at radius 3 is 2.47 bits per heavy atom. The molecule has 0 unspecified atom stereocenters. The van der Waals surface area contributed by atoms with Crippen molar-refractivity contribution in [2.75, 3.05) is 0 Å². The third-order valence-electron chi connectivity index (χ3n) is 2.55. The van der Waals surface area contributed by atoms with Crippen LogP contribution in [0.15, 0.2) is 48.5 Å². The van der Waals surface area contributed by atoms with Crippen LogP contribution in [0.3, 0.4) is 0 Å². The molecule has 2 aromatic carbocycles. The zero-order valence-corrected chi connectivity index (χ0v) is 10.6. The molecule has 0 atom stereocenters. The van der Waals surface area contributed by atoms with Gasteiger partial charge in [0, 0.05) is 5.02 Å². The first-order chi connectivity index (χ1) is 9.06. The Balaban J connectivity index is 2.49. The minimum Gasteiger partial charge on any atom is -0.508 e. The third-order valence-corrected chi connectivity index (χ3v) is 2.78. The van der Waals surface area contributed by atoms with E-state index >= 15 is 0 Å². The van der Waals surface area contributed by atoms with Crippen LogP contribution in [-0.2, 0) is 4.79 Å². The van der Waals surface area contributed by atoms with Crippen molar-refractivity contribution in [3.63, 3.8) is 0 Å². The Hall–Kier alpha value is -2.26. The molecule has 0 aliphatic heterocycles. The summed E-state index contributed by atoms with van der Waals surface area (Å²) in [5.74, 6) is -1.04. The normalized spacial score (nSPS) is 11.3. The Morgan fingerprint density at radius 2 is 1.84 bits per heavy atom. The molecule has 3 nitrogen and oxygen atoms in total. The predicted octanol–water partition coefficient (Wildman–Crippen LogP) is 3.67. The molecule has 0 aliphatic carbocycles. The molecule has 96 valence electrons. The highest BCUT2D eigenvalue weighted by Crippen LogP contribution is 2.23. The predicted molar refractivity (Wildman–Crippen MR) is 75.1 cm³/mol. The SMILES string of the molecule is O=C(O)/C(=C\c1cccc(Cl)c1)c1cccc(O)c1. The Morgan fingerprint density at radius 1 is 1.11 bits per heavy atom. The highest BCUT2D eigenvalue weighted by molar-refractivity contribution is 6.30. The number of hydrogen-bond donors (Lipinski definition) is 2. The van der Waals surface area contributed by atoms with Crippen LogP contribution in [-0.4, -0.2) is 16.2 Å². The van der Waals surface area contributed by atoms with Gasteiger partial charge in [0.05, 0.1) is 5.57 Å². The molecule has 0 aromatic heterocycles. The van der Waals surface area contributed by atoms with E-state index in [0.717, 1.165) is 0 Å². The van der Waals surface area contributed by atoms with Crippen LogP contribution in [0.1, 0.15) is 11.1 Å². The lowest BCUT2D eigenvalue weighted by Gasteiger charge is -2.04. The summed E-state index contributed by atoms with van der Waals surface area (Å²) in [6.07, 6.45) is 1.52. The average molecular weight is 275 g/mol. The number of carbonyl (C=O) groups is 1. The van der Waals surface area contributed by atoms with E-state index in [4.69, 9.17) is 11.6 Å². The van der Waals surface area contributed by atoms with E-state index < -0.39 is 5.97 Å². The smallest absolute Gasteiger partial charge is 0.336 e. The fraction of sp³-hybridized carbons (Fsp3) is 0. The quantitative estimate of drug-likeness (QED) is 0.663. The second-order valence-corrected chi connectivity index (χ2v) is 4.40. The summed E-state index contributed by atoms with van der Waals surface area (Å²) in [7, 11) is 0. The zero-order chi connectivity index (χ0) is 13.8. The highest BCUT2D eigenvalue weighted by atomic mass is 35.5. The van der Waals surface area contributed by atoms with Gasteiger partial charge in [0.25, 0.3) is 0 Å². The largest absolute Gasteiger partial charge is 0.508 e. The van der Waals surface area contributed by atoms with Gasteiger partial charge < -0.3 is 10.2 Å². The van der Waals surface area contributed by atoms with Crippen molar-refractivity contribution in [1.82, 2.24) is 0 Å². The molecule has 0 bridgehead atoms. The standard InChI is InChI=1S/C15H11ClO3/c16-12-5-1-3-10(7-12)8-14(15(18)19)11-4-2-6-13(17)9-11/h1-9,17H,(H,18,19)/b14-8-. The lowest BCUT2D eigenvalue weighted by atomic mass is 10.0. The second-order valence-electron chi connectivity index (χ2n) is 3.97. The van der Waals surface area contributed by atoms with E-state index in [0.29, 0.717) is 16.1 Å². The van der Waals surface area contributed by atoms with Crippen LogP contribution in [0.5, 0.6) is 5.75 Å². The summed E-state index contributed by atoms with van der Waals surface area (Å²) in [6.45, 7) is 0. The van der Waals surface area contributed by atoms with Gasteiger partial charge in [0.1, 0.15) is 5.75 Å². The van der Waals surface area contributed by atoms with Crippen molar-refractivity contribution in [1.29, 1.82) is 0 Å². The van der Waals surface area contributed by atoms with Crippen molar-refractivity contribution in [2.24, 2.45) is 0 Å². The Labute approximate surface area is 115 Å². The molecule has 0 radical (unpaired) electrons. The third kappa shape index (κ3) is 3.36. The number of rotatable bonds is 3. The number of aliphatic carboxylic acids is 1. The van der Waals surface area contributed by atoms with E-state index in [1.165, 1.54) is 18.2 Å². The molecule has 0 heterocycles. The number of hydrogen-bond acceptors (Lipinski definition) is 2. The minimum atomic E-state index is -1.06. The summed E-state index contributed by atoms with van der Waals surface area (Å²) in [5, 5.41) is 19.2. The van der Waals surface area contributed by atoms with Gasteiger partial charge >= 0.3 is 5.97 Å². The van der Waals surface area contributed by atoms with Gasteiger partial charge in [-0.25, -0.2) is 4.79 Å². The summed E-state index contributed by atoms with van der Waals surface area (Å²) < 4.78 is 0. The summed E-state index contributed by atoms with van der Waals surface area (Å²) in [4.78, 5) is 11.3. The summed E-state index contributed by atoms with van der Waals surface area (Å²) in [5.41, 5.74) is 1.22. The van der Waals surface area contributed by atoms with Gasteiger partial charge in [-0.2, -0.15) is 0 Å². The maximum absolute atomic E-state index is 11.3. The van der Waals surface area contributed by atoms with Crippen molar-refractivity contribution < 1.29 is 15.0 Å². The molecule has 4 heteroatoms. The Bertz CT molecular complexity index is 647. The molecule has 19 heavy (non-hydrogen) atoms. The number of phenols is 1. The number of benzene rings is 2. The van der Waals surface area contributed by atoms with E-state index in [2.05, 4.69) is 0 Å². The van der Waals surface area contributed by atoms with Crippen LogP contribution in [0, 0.1) is 0 Å². The number of carboxylic acids is 1. The van der Waals surface area contributed by atoms with E-state index in [9.17, 15) is 15.0 Å². The number of aromatic hydroxyl groups is 1. The van der Waals surface area contributed by atoms with Crippen LogP contribution >= 0.6 is 11.6 Å². The number of carboxylic acid groups (broad SMARTS) is 1. The van der Waals surface area contributed by atoms with Crippen LogP contribution < -0.4 is 0 Å². The lowest BCUT2D eigenvalue weighted by Crippen LogP contribution is -1.99. The first kappa shape index (κ1) is 13.2. The molecule has 0 saturated carbocycles. The minimum absolute atomic E-state index is 0.0238.